The fraction of sp³-hybridized carbons (Fsp3) is 0.263. The zero-order chi connectivity index (χ0) is 16.4. The summed E-state index contributed by atoms with van der Waals surface area (Å²) in [5, 5.41) is 0.644. The zero-order valence-electron chi connectivity index (χ0n) is 13.3. The Balaban J connectivity index is 1.85. The van der Waals surface area contributed by atoms with Crippen LogP contribution in [0.3, 0.4) is 0 Å². The second-order valence-electron chi connectivity index (χ2n) is 5.95. The highest BCUT2D eigenvalue weighted by Crippen LogP contribution is 2.20. The van der Waals surface area contributed by atoms with Crippen molar-refractivity contribution in [3.8, 4) is 0 Å². The van der Waals surface area contributed by atoms with E-state index in [1.165, 1.54) is 5.56 Å². The number of amidine groups is 1. The van der Waals surface area contributed by atoms with Crippen LogP contribution in [0.4, 0.5) is 0 Å². The van der Waals surface area contributed by atoms with Crippen molar-refractivity contribution in [2.24, 2.45) is 4.99 Å². The Hall–Kier alpha value is -2.13. The van der Waals surface area contributed by atoms with Crippen molar-refractivity contribution in [3.63, 3.8) is 0 Å². The minimum absolute atomic E-state index is 0.0171. The highest BCUT2D eigenvalue weighted by molar-refractivity contribution is 6.31. The topological polar surface area (TPSA) is 32.7 Å². The van der Waals surface area contributed by atoms with Crippen molar-refractivity contribution in [2.75, 3.05) is 13.1 Å². The van der Waals surface area contributed by atoms with E-state index in [1.807, 2.05) is 48.5 Å². The molecular weight excluding hydrogens is 308 g/mol. The van der Waals surface area contributed by atoms with Crippen LogP contribution in [0.1, 0.15) is 41.3 Å². The lowest BCUT2D eigenvalue weighted by Crippen LogP contribution is -2.34. The molecule has 3 nitrogen and oxygen atoms in total. The fourth-order valence-corrected chi connectivity index (χ4v) is 2.88. The van der Waals surface area contributed by atoms with E-state index in [2.05, 4.69) is 18.8 Å². The molecule has 23 heavy (non-hydrogen) atoms. The second kappa shape index (κ2) is 6.55. The molecule has 0 N–H and O–H groups in total. The molecule has 0 bridgehead atoms. The minimum Gasteiger partial charge on any atom is -0.291 e. The molecule has 2 aromatic rings. The molecule has 0 aliphatic carbocycles. The highest BCUT2D eigenvalue weighted by Gasteiger charge is 2.25. The van der Waals surface area contributed by atoms with E-state index in [9.17, 15) is 4.79 Å². The van der Waals surface area contributed by atoms with Gasteiger partial charge in [0.05, 0.1) is 6.54 Å². The first-order chi connectivity index (χ1) is 11.1. The van der Waals surface area contributed by atoms with E-state index in [-0.39, 0.29) is 5.91 Å². The SMILES string of the molecule is CC(C)c1ccc(C(=O)N2CCN=C2c2cccc(Cl)c2)cc1. The number of benzene rings is 2. The van der Waals surface area contributed by atoms with Gasteiger partial charge in [0.15, 0.2) is 0 Å². The lowest BCUT2D eigenvalue weighted by Gasteiger charge is -2.19. The van der Waals surface area contributed by atoms with Gasteiger partial charge < -0.3 is 0 Å². The number of carbonyl (C=O) groups excluding carboxylic acids is 1. The van der Waals surface area contributed by atoms with Gasteiger partial charge in [0.1, 0.15) is 5.84 Å². The fourth-order valence-electron chi connectivity index (χ4n) is 2.69. The van der Waals surface area contributed by atoms with Crippen LogP contribution in [0.25, 0.3) is 0 Å². The van der Waals surface area contributed by atoms with Crippen molar-refractivity contribution >= 4 is 23.3 Å². The van der Waals surface area contributed by atoms with E-state index >= 15 is 0 Å². The van der Waals surface area contributed by atoms with Gasteiger partial charge in [-0.25, -0.2) is 0 Å². The van der Waals surface area contributed by atoms with Crippen LogP contribution < -0.4 is 0 Å². The zero-order valence-corrected chi connectivity index (χ0v) is 14.0. The summed E-state index contributed by atoms with van der Waals surface area (Å²) < 4.78 is 0. The average molecular weight is 327 g/mol. The first kappa shape index (κ1) is 15.8. The van der Waals surface area contributed by atoms with E-state index < -0.39 is 0 Å². The maximum atomic E-state index is 12.8. The predicted molar refractivity (Wildman–Crippen MR) is 94.4 cm³/mol. The van der Waals surface area contributed by atoms with Gasteiger partial charge >= 0.3 is 0 Å². The molecular formula is C19H19ClN2O. The van der Waals surface area contributed by atoms with Gasteiger partial charge in [-0.3, -0.25) is 14.7 Å². The van der Waals surface area contributed by atoms with E-state index in [0.29, 0.717) is 35.4 Å². The number of amides is 1. The van der Waals surface area contributed by atoms with E-state index in [4.69, 9.17) is 11.6 Å². The highest BCUT2D eigenvalue weighted by atomic mass is 35.5. The molecule has 0 atom stereocenters. The number of hydrogen-bond acceptors (Lipinski definition) is 2. The molecule has 1 aliphatic heterocycles. The molecule has 118 valence electrons. The Morgan fingerprint density at radius 1 is 1.17 bits per heavy atom. The van der Waals surface area contributed by atoms with Gasteiger partial charge in [-0.2, -0.15) is 0 Å². The lowest BCUT2D eigenvalue weighted by atomic mass is 10.0. The molecule has 1 amide bonds. The van der Waals surface area contributed by atoms with Gasteiger partial charge in [0.25, 0.3) is 5.91 Å². The predicted octanol–water partition coefficient (Wildman–Crippen LogP) is 4.37. The smallest absolute Gasteiger partial charge is 0.259 e. The number of carbonyl (C=O) groups is 1. The van der Waals surface area contributed by atoms with Gasteiger partial charge in [-0.15, -0.1) is 0 Å². The molecule has 0 spiro atoms. The molecule has 0 aromatic heterocycles. The Bertz CT molecular complexity index is 750. The molecule has 1 aliphatic rings. The molecule has 0 unspecified atom stereocenters. The Morgan fingerprint density at radius 2 is 1.91 bits per heavy atom. The number of aliphatic imine (C=N–C) groups is 1. The molecule has 0 saturated heterocycles. The standard InChI is InChI=1S/C19H19ClN2O/c1-13(2)14-6-8-15(9-7-14)19(23)22-11-10-21-18(22)16-4-3-5-17(20)12-16/h3-9,12-13H,10-11H2,1-2H3. The molecule has 0 fully saturated rings. The summed E-state index contributed by atoms with van der Waals surface area (Å²) in [5.41, 5.74) is 2.79. The van der Waals surface area contributed by atoms with Crippen molar-refractivity contribution in [1.82, 2.24) is 4.90 Å². The third-order valence-corrected chi connectivity index (χ3v) is 4.23. The van der Waals surface area contributed by atoms with Crippen LogP contribution >= 0.6 is 11.6 Å². The summed E-state index contributed by atoms with van der Waals surface area (Å²) in [5.74, 6) is 1.14. The third-order valence-electron chi connectivity index (χ3n) is 3.99. The van der Waals surface area contributed by atoms with Crippen LogP contribution in [0.5, 0.6) is 0 Å². The normalized spacial score (nSPS) is 14.3. The van der Waals surface area contributed by atoms with Crippen LogP contribution in [0, 0.1) is 0 Å². The van der Waals surface area contributed by atoms with Gasteiger partial charge in [0.2, 0.25) is 0 Å². The number of halogens is 1. The number of rotatable bonds is 3. The first-order valence-corrected chi connectivity index (χ1v) is 8.16. The molecule has 0 radical (unpaired) electrons. The Labute approximate surface area is 141 Å². The first-order valence-electron chi connectivity index (χ1n) is 7.78. The summed E-state index contributed by atoms with van der Waals surface area (Å²) >= 11 is 6.06. The summed E-state index contributed by atoms with van der Waals surface area (Å²) in [6.45, 7) is 5.51. The monoisotopic (exact) mass is 326 g/mol. The van der Waals surface area contributed by atoms with Crippen molar-refractivity contribution < 1.29 is 4.79 Å². The molecule has 2 aromatic carbocycles. The Morgan fingerprint density at radius 3 is 2.57 bits per heavy atom. The summed E-state index contributed by atoms with van der Waals surface area (Å²) in [6, 6.07) is 15.3. The van der Waals surface area contributed by atoms with Crippen molar-refractivity contribution in [3.05, 3.63) is 70.2 Å². The molecule has 0 saturated carbocycles. The van der Waals surface area contributed by atoms with Crippen LogP contribution in [-0.2, 0) is 0 Å². The third kappa shape index (κ3) is 3.30. The van der Waals surface area contributed by atoms with Gasteiger partial charge in [-0.1, -0.05) is 49.7 Å². The largest absolute Gasteiger partial charge is 0.291 e. The second-order valence-corrected chi connectivity index (χ2v) is 6.39. The molecule has 1 heterocycles. The molecule has 3 rings (SSSR count). The van der Waals surface area contributed by atoms with E-state index in [1.54, 1.807) is 4.90 Å². The quantitative estimate of drug-likeness (QED) is 0.824. The van der Waals surface area contributed by atoms with Crippen molar-refractivity contribution in [2.45, 2.75) is 19.8 Å². The maximum Gasteiger partial charge on any atom is 0.259 e. The number of nitrogens with zero attached hydrogens (tertiary/aromatic N) is 2. The van der Waals surface area contributed by atoms with Crippen LogP contribution in [0.15, 0.2) is 53.5 Å². The summed E-state index contributed by atoms with van der Waals surface area (Å²) in [6.07, 6.45) is 0. The van der Waals surface area contributed by atoms with E-state index in [0.717, 1.165) is 5.56 Å². The maximum absolute atomic E-state index is 12.8. The summed E-state index contributed by atoms with van der Waals surface area (Å²) in [7, 11) is 0. The lowest BCUT2D eigenvalue weighted by molar-refractivity contribution is 0.0858. The van der Waals surface area contributed by atoms with Crippen molar-refractivity contribution in [1.29, 1.82) is 0 Å². The van der Waals surface area contributed by atoms with Gasteiger partial charge in [0, 0.05) is 22.7 Å². The van der Waals surface area contributed by atoms with Crippen LogP contribution in [-0.4, -0.2) is 29.7 Å². The summed E-state index contributed by atoms with van der Waals surface area (Å²) in [4.78, 5) is 19.0. The molecule has 4 heteroatoms. The average Bonchev–Trinajstić information content (AvgIpc) is 3.04. The van der Waals surface area contributed by atoms with Crippen LogP contribution in [0.2, 0.25) is 5.02 Å². The minimum atomic E-state index is -0.0171. The van der Waals surface area contributed by atoms with Gasteiger partial charge in [-0.05, 0) is 35.7 Å². The Kier molecular flexibility index (Phi) is 4.49. The number of hydrogen-bond donors (Lipinski definition) is 0.